The Kier molecular flexibility index (Phi) is 7.91. The number of aromatic nitrogens is 3. The van der Waals surface area contributed by atoms with E-state index in [1.165, 1.54) is 11.1 Å². The number of hydrogen-bond acceptors (Lipinski definition) is 7. The number of hydrogen-bond donors (Lipinski definition) is 1. The molecule has 2 aromatic heterocycles. The van der Waals surface area contributed by atoms with E-state index in [0.29, 0.717) is 24.0 Å². The van der Waals surface area contributed by atoms with Crippen molar-refractivity contribution in [3.05, 3.63) is 89.1 Å². The maximum atomic E-state index is 5.84. The van der Waals surface area contributed by atoms with Gasteiger partial charge >= 0.3 is 0 Å². The molecular formula is C28H32N6O2S. The lowest BCUT2D eigenvalue weighted by molar-refractivity contribution is 0.266. The molecule has 0 unspecified atom stereocenters. The SMILES string of the molecule is Cc1noc(C)c1-c1nc(CN2CCCN(C(=S)NCC(c3ccccc3)c3ccccc3)CC2)no1. The average Bonchev–Trinajstić information content (AvgIpc) is 3.42. The molecule has 4 aromatic rings. The van der Waals surface area contributed by atoms with E-state index < -0.39 is 0 Å². The lowest BCUT2D eigenvalue weighted by Gasteiger charge is -2.26. The Morgan fingerprint density at radius 3 is 2.27 bits per heavy atom. The molecule has 1 aliphatic rings. The summed E-state index contributed by atoms with van der Waals surface area (Å²) in [6.45, 7) is 8.69. The van der Waals surface area contributed by atoms with E-state index in [9.17, 15) is 0 Å². The molecule has 5 rings (SSSR count). The lowest BCUT2D eigenvalue weighted by Crippen LogP contribution is -2.43. The minimum atomic E-state index is 0.231. The minimum absolute atomic E-state index is 0.231. The van der Waals surface area contributed by atoms with Crippen molar-refractivity contribution in [3.63, 3.8) is 0 Å². The highest BCUT2D eigenvalue weighted by atomic mass is 32.1. The van der Waals surface area contributed by atoms with Crippen LogP contribution in [0.5, 0.6) is 0 Å². The van der Waals surface area contributed by atoms with Crippen LogP contribution in [-0.4, -0.2) is 62.9 Å². The normalized spacial score (nSPS) is 14.6. The van der Waals surface area contributed by atoms with Crippen LogP contribution < -0.4 is 5.32 Å². The summed E-state index contributed by atoms with van der Waals surface area (Å²) >= 11 is 5.84. The smallest absolute Gasteiger partial charge is 0.263 e. The molecule has 0 saturated carbocycles. The van der Waals surface area contributed by atoms with Crippen LogP contribution in [-0.2, 0) is 6.54 Å². The molecule has 1 N–H and O–H groups in total. The van der Waals surface area contributed by atoms with Gasteiger partial charge in [-0.25, -0.2) is 0 Å². The van der Waals surface area contributed by atoms with E-state index >= 15 is 0 Å². The molecule has 1 fully saturated rings. The Morgan fingerprint density at radius 2 is 1.62 bits per heavy atom. The highest BCUT2D eigenvalue weighted by molar-refractivity contribution is 7.80. The summed E-state index contributed by atoms with van der Waals surface area (Å²) in [7, 11) is 0. The molecule has 0 amide bonds. The third-order valence-electron chi connectivity index (χ3n) is 6.82. The maximum absolute atomic E-state index is 5.84. The number of aryl methyl sites for hydroxylation is 2. The van der Waals surface area contributed by atoms with Crippen molar-refractivity contribution in [3.8, 4) is 11.5 Å². The molecule has 3 heterocycles. The standard InChI is InChI=1S/C28H32N6O2S/c1-20-26(21(2)35-31-20)27-30-25(32-36-27)19-33-14-9-15-34(17-16-33)28(37)29-18-24(22-10-5-3-6-11-22)23-12-7-4-8-13-23/h3-8,10-13,24H,9,14-19H2,1-2H3,(H,29,37). The number of nitrogens with one attached hydrogen (secondary N) is 1. The van der Waals surface area contributed by atoms with Crippen LogP contribution >= 0.6 is 12.2 Å². The second-order valence-corrected chi connectivity index (χ2v) is 9.78. The summed E-state index contributed by atoms with van der Waals surface area (Å²) in [4.78, 5) is 9.21. The summed E-state index contributed by atoms with van der Waals surface area (Å²) in [5.74, 6) is 2.03. The zero-order chi connectivity index (χ0) is 25.6. The average molecular weight is 517 g/mol. The molecule has 2 aromatic carbocycles. The molecule has 0 spiro atoms. The molecule has 37 heavy (non-hydrogen) atoms. The van der Waals surface area contributed by atoms with Crippen molar-refractivity contribution >= 4 is 17.3 Å². The molecule has 1 saturated heterocycles. The van der Waals surface area contributed by atoms with Crippen LogP contribution in [0.3, 0.4) is 0 Å². The predicted molar refractivity (Wildman–Crippen MR) is 146 cm³/mol. The Bertz CT molecular complexity index is 1250. The van der Waals surface area contributed by atoms with Gasteiger partial charge in [-0.2, -0.15) is 4.98 Å². The molecule has 8 nitrogen and oxygen atoms in total. The van der Waals surface area contributed by atoms with Crippen molar-refractivity contribution < 1.29 is 9.05 Å². The number of nitrogens with zero attached hydrogens (tertiary/aromatic N) is 5. The Balaban J connectivity index is 1.17. The fourth-order valence-corrected chi connectivity index (χ4v) is 5.11. The van der Waals surface area contributed by atoms with Gasteiger partial charge in [-0.3, -0.25) is 4.90 Å². The fraction of sp³-hybridized carbons (Fsp3) is 0.357. The van der Waals surface area contributed by atoms with Crippen molar-refractivity contribution in [2.45, 2.75) is 32.7 Å². The molecule has 0 bridgehead atoms. The maximum Gasteiger partial charge on any atom is 0.263 e. The van der Waals surface area contributed by atoms with Crippen molar-refractivity contribution in [2.24, 2.45) is 0 Å². The van der Waals surface area contributed by atoms with E-state index in [2.05, 4.69) is 91.1 Å². The van der Waals surface area contributed by atoms with Gasteiger partial charge in [0.25, 0.3) is 5.89 Å². The topological polar surface area (TPSA) is 83.5 Å². The number of rotatable bonds is 7. The molecular weight excluding hydrogens is 484 g/mol. The Hall–Kier alpha value is -3.56. The first-order valence-corrected chi connectivity index (χ1v) is 13.1. The highest BCUT2D eigenvalue weighted by Crippen LogP contribution is 2.26. The van der Waals surface area contributed by atoms with Gasteiger partial charge in [-0.15, -0.1) is 0 Å². The van der Waals surface area contributed by atoms with Crippen LogP contribution in [0.1, 0.15) is 40.7 Å². The Morgan fingerprint density at radius 1 is 0.919 bits per heavy atom. The zero-order valence-corrected chi connectivity index (χ0v) is 22.1. The third kappa shape index (κ3) is 6.06. The monoisotopic (exact) mass is 516 g/mol. The lowest BCUT2D eigenvalue weighted by atomic mass is 9.91. The largest absolute Gasteiger partial charge is 0.362 e. The summed E-state index contributed by atoms with van der Waals surface area (Å²) in [6, 6.07) is 21.2. The number of benzene rings is 2. The van der Waals surface area contributed by atoms with Gasteiger partial charge in [-0.05, 0) is 43.6 Å². The second-order valence-electron chi connectivity index (χ2n) is 9.39. The van der Waals surface area contributed by atoms with Gasteiger partial charge < -0.3 is 19.3 Å². The van der Waals surface area contributed by atoms with E-state index in [4.69, 9.17) is 21.3 Å². The summed E-state index contributed by atoms with van der Waals surface area (Å²) in [6.07, 6.45) is 1.01. The zero-order valence-electron chi connectivity index (χ0n) is 21.3. The summed E-state index contributed by atoms with van der Waals surface area (Å²) in [5, 5.41) is 12.5. The van der Waals surface area contributed by atoms with E-state index in [1.807, 2.05) is 13.8 Å². The predicted octanol–water partition coefficient (Wildman–Crippen LogP) is 4.56. The van der Waals surface area contributed by atoms with Crippen molar-refractivity contribution in [1.82, 2.24) is 30.4 Å². The molecule has 0 radical (unpaired) electrons. The minimum Gasteiger partial charge on any atom is -0.362 e. The van der Waals surface area contributed by atoms with Crippen LogP contribution in [0.15, 0.2) is 69.7 Å². The van der Waals surface area contributed by atoms with Crippen LogP contribution in [0.4, 0.5) is 0 Å². The van der Waals surface area contributed by atoms with Gasteiger partial charge in [0.2, 0.25) is 0 Å². The quantitative estimate of drug-likeness (QED) is 0.356. The van der Waals surface area contributed by atoms with Crippen LogP contribution in [0.25, 0.3) is 11.5 Å². The highest BCUT2D eigenvalue weighted by Gasteiger charge is 2.22. The molecule has 0 aliphatic carbocycles. The fourth-order valence-electron chi connectivity index (χ4n) is 4.84. The van der Waals surface area contributed by atoms with Crippen molar-refractivity contribution in [2.75, 3.05) is 32.7 Å². The van der Waals surface area contributed by atoms with Crippen LogP contribution in [0, 0.1) is 13.8 Å². The second kappa shape index (κ2) is 11.7. The van der Waals surface area contributed by atoms with Gasteiger partial charge in [0.1, 0.15) is 11.3 Å². The van der Waals surface area contributed by atoms with Gasteiger partial charge in [0, 0.05) is 38.6 Å². The third-order valence-corrected chi connectivity index (χ3v) is 7.22. The summed E-state index contributed by atoms with van der Waals surface area (Å²) in [5.41, 5.74) is 4.09. The van der Waals surface area contributed by atoms with E-state index in [0.717, 1.165) is 55.5 Å². The van der Waals surface area contributed by atoms with Gasteiger partial charge in [0.15, 0.2) is 10.9 Å². The Labute approximate surface area is 222 Å². The van der Waals surface area contributed by atoms with Gasteiger partial charge in [0.05, 0.1) is 12.2 Å². The summed E-state index contributed by atoms with van der Waals surface area (Å²) < 4.78 is 10.7. The molecule has 192 valence electrons. The first-order valence-electron chi connectivity index (χ1n) is 12.7. The molecule has 0 atom stereocenters. The first kappa shape index (κ1) is 25.1. The first-order chi connectivity index (χ1) is 18.1. The van der Waals surface area contributed by atoms with Gasteiger partial charge in [-0.1, -0.05) is 71.0 Å². The van der Waals surface area contributed by atoms with E-state index in [1.54, 1.807) is 0 Å². The van der Waals surface area contributed by atoms with E-state index in [-0.39, 0.29) is 5.92 Å². The number of thiocarbonyl (C=S) groups is 1. The molecule has 9 heteroatoms. The molecule has 1 aliphatic heterocycles. The van der Waals surface area contributed by atoms with Crippen molar-refractivity contribution in [1.29, 1.82) is 0 Å². The van der Waals surface area contributed by atoms with Crippen LogP contribution in [0.2, 0.25) is 0 Å².